The van der Waals surface area contributed by atoms with Crippen LogP contribution in [0.5, 0.6) is 0 Å². The number of carbonyl (C=O) groups excluding carboxylic acids is 1. The molecule has 0 aromatic heterocycles. The van der Waals surface area contributed by atoms with E-state index in [1.54, 1.807) is 0 Å². The van der Waals surface area contributed by atoms with Crippen LogP contribution in [-0.4, -0.2) is 40.1 Å². The molecule has 1 atom stereocenters. The van der Waals surface area contributed by atoms with Gasteiger partial charge in [-0.15, -0.1) is 0 Å². The van der Waals surface area contributed by atoms with Gasteiger partial charge in [0.05, 0.1) is 12.0 Å². The van der Waals surface area contributed by atoms with Gasteiger partial charge in [0.15, 0.2) is 0 Å². The fourth-order valence-corrected chi connectivity index (χ4v) is 3.86. The Morgan fingerprint density at radius 3 is 2.52 bits per heavy atom. The molecule has 2 rings (SSSR count). The number of likely N-dealkylation sites (tertiary alicyclic amines) is 1. The first-order valence-electron chi connectivity index (χ1n) is 8.37. The molecule has 0 bridgehead atoms. The number of nitrogens with one attached hydrogen (secondary N) is 1. The fraction of sp³-hybridized carbons (Fsp3) is 0.875. The SMILES string of the molecule is CCC1CCCCCN1C(=O)NC1(CC(=O)O)CCCC1. The molecular formula is C16H28N2O3. The zero-order valence-electron chi connectivity index (χ0n) is 13.1. The van der Waals surface area contributed by atoms with E-state index >= 15 is 0 Å². The number of hydrogen-bond donors (Lipinski definition) is 2. The van der Waals surface area contributed by atoms with Crippen LogP contribution in [0, 0.1) is 0 Å². The lowest BCUT2D eigenvalue weighted by molar-refractivity contribution is -0.138. The highest BCUT2D eigenvalue weighted by atomic mass is 16.4. The summed E-state index contributed by atoms with van der Waals surface area (Å²) in [5.41, 5.74) is -0.520. The van der Waals surface area contributed by atoms with Crippen LogP contribution < -0.4 is 5.32 Å². The molecule has 5 heteroatoms. The molecule has 2 fully saturated rings. The van der Waals surface area contributed by atoms with Gasteiger partial charge in [-0.3, -0.25) is 4.79 Å². The predicted molar refractivity (Wildman–Crippen MR) is 81.2 cm³/mol. The van der Waals surface area contributed by atoms with Gasteiger partial charge in [-0.2, -0.15) is 0 Å². The van der Waals surface area contributed by atoms with Crippen LogP contribution in [0.3, 0.4) is 0 Å². The molecule has 2 amide bonds. The third kappa shape index (κ3) is 4.11. The van der Waals surface area contributed by atoms with Gasteiger partial charge >= 0.3 is 12.0 Å². The van der Waals surface area contributed by atoms with Crippen molar-refractivity contribution in [1.29, 1.82) is 0 Å². The van der Waals surface area contributed by atoms with E-state index in [1.165, 1.54) is 12.8 Å². The van der Waals surface area contributed by atoms with E-state index in [1.807, 2.05) is 4.90 Å². The first-order chi connectivity index (χ1) is 10.1. The first-order valence-corrected chi connectivity index (χ1v) is 8.37. The fourth-order valence-electron chi connectivity index (χ4n) is 3.86. The summed E-state index contributed by atoms with van der Waals surface area (Å²) in [5, 5.41) is 12.2. The minimum absolute atomic E-state index is 0.0450. The number of hydrogen-bond acceptors (Lipinski definition) is 2. The molecule has 2 aliphatic rings. The smallest absolute Gasteiger partial charge is 0.318 e. The monoisotopic (exact) mass is 296 g/mol. The summed E-state index contributed by atoms with van der Waals surface area (Å²) in [6.07, 6.45) is 9.08. The van der Waals surface area contributed by atoms with Gasteiger partial charge < -0.3 is 15.3 Å². The second-order valence-electron chi connectivity index (χ2n) is 6.59. The van der Waals surface area contributed by atoms with E-state index in [0.717, 1.165) is 51.5 Å². The zero-order valence-corrected chi connectivity index (χ0v) is 13.1. The van der Waals surface area contributed by atoms with Gasteiger partial charge in [-0.25, -0.2) is 4.79 Å². The largest absolute Gasteiger partial charge is 0.481 e. The number of rotatable bonds is 4. The van der Waals surface area contributed by atoms with Gasteiger partial charge in [0.1, 0.15) is 0 Å². The van der Waals surface area contributed by atoms with Crippen LogP contribution in [0.2, 0.25) is 0 Å². The topological polar surface area (TPSA) is 69.6 Å². The summed E-state index contributed by atoms with van der Waals surface area (Å²) in [7, 11) is 0. The molecule has 0 aromatic carbocycles. The van der Waals surface area contributed by atoms with E-state index in [0.29, 0.717) is 6.04 Å². The summed E-state index contributed by atoms with van der Waals surface area (Å²) in [6.45, 7) is 2.92. The maximum atomic E-state index is 12.7. The quantitative estimate of drug-likeness (QED) is 0.837. The second-order valence-corrected chi connectivity index (χ2v) is 6.59. The van der Waals surface area contributed by atoms with Crippen LogP contribution in [0.15, 0.2) is 0 Å². The van der Waals surface area contributed by atoms with Crippen LogP contribution in [0.1, 0.15) is 71.1 Å². The van der Waals surface area contributed by atoms with Crippen molar-refractivity contribution in [3.63, 3.8) is 0 Å². The Labute approximate surface area is 127 Å². The van der Waals surface area contributed by atoms with E-state index in [-0.39, 0.29) is 12.5 Å². The third-order valence-corrected chi connectivity index (χ3v) is 5.03. The molecule has 1 saturated carbocycles. The molecule has 1 heterocycles. The first kappa shape index (κ1) is 16.1. The number of nitrogens with zero attached hydrogens (tertiary/aromatic N) is 1. The molecule has 1 aliphatic heterocycles. The van der Waals surface area contributed by atoms with E-state index in [2.05, 4.69) is 12.2 Å². The summed E-state index contributed by atoms with van der Waals surface area (Å²) < 4.78 is 0. The molecular weight excluding hydrogens is 268 g/mol. The molecule has 0 aromatic rings. The third-order valence-electron chi connectivity index (χ3n) is 5.03. The minimum atomic E-state index is -0.819. The average molecular weight is 296 g/mol. The Bertz CT molecular complexity index is 378. The predicted octanol–water partition coefficient (Wildman–Crippen LogP) is 3.14. The van der Waals surface area contributed by atoms with Crippen molar-refractivity contribution < 1.29 is 14.7 Å². The highest BCUT2D eigenvalue weighted by Crippen LogP contribution is 2.33. The van der Waals surface area contributed by atoms with Crippen LogP contribution in [-0.2, 0) is 4.79 Å². The standard InChI is InChI=1S/C16H28N2O3/c1-2-13-8-4-3-7-11-18(13)15(21)17-16(12-14(19)20)9-5-6-10-16/h13H,2-12H2,1H3,(H,17,21)(H,19,20). The number of amides is 2. The lowest BCUT2D eigenvalue weighted by atomic mass is 9.93. The Hall–Kier alpha value is -1.26. The van der Waals surface area contributed by atoms with Crippen molar-refractivity contribution in [2.45, 2.75) is 82.7 Å². The van der Waals surface area contributed by atoms with Crippen molar-refractivity contribution in [1.82, 2.24) is 10.2 Å². The molecule has 120 valence electrons. The number of carboxylic acid groups (broad SMARTS) is 1. The summed E-state index contributed by atoms with van der Waals surface area (Å²) in [5.74, 6) is -0.819. The van der Waals surface area contributed by atoms with Crippen molar-refractivity contribution in [2.75, 3.05) is 6.54 Å². The number of aliphatic carboxylic acids is 1. The molecule has 2 N–H and O–H groups in total. The number of urea groups is 1. The van der Waals surface area contributed by atoms with E-state index < -0.39 is 11.5 Å². The lowest BCUT2D eigenvalue weighted by Crippen LogP contribution is -2.55. The van der Waals surface area contributed by atoms with Gasteiger partial charge in [-0.05, 0) is 32.1 Å². The van der Waals surface area contributed by atoms with Gasteiger partial charge in [-0.1, -0.05) is 32.6 Å². The average Bonchev–Trinajstić information content (AvgIpc) is 2.74. The molecule has 0 spiro atoms. The Morgan fingerprint density at radius 1 is 1.19 bits per heavy atom. The highest BCUT2D eigenvalue weighted by molar-refractivity contribution is 5.77. The molecule has 1 aliphatic carbocycles. The van der Waals surface area contributed by atoms with E-state index in [4.69, 9.17) is 5.11 Å². The van der Waals surface area contributed by atoms with Crippen LogP contribution in [0.25, 0.3) is 0 Å². The number of carboxylic acids is 1. The Balaban J connectivity index is 2.04. The van der Waals surface area contributed by atoms with Gasteiger partial charge in [0.2, 0.25) is 0 Å². The second kappa shape index (κ2) is 7.14. The van der Waals surface area contributed by atoms with Crippen molar-refractivity contribution >= 4 is 12.0 Å². The van der Waals surface area contributed by atoms with Crippen LogP contribution in [0.4, 0.5) is 4.79 Å². The molecule has 0 radical (unpaired) electrons. The van der Waals surface area contributed by atoms with Crippen LogP contribution >= 0.6 is 0 Å². The Morgan fingerprint density at radius 2 is 1.90 bits per heavy atom. The van der Waals surface area contributed by atoms with Crippen molar-refractivity contribution in [3.05, 3.63) is 0 Å². The maximum Gasteiger partial charge on any atom is 0.318 e. The number of carbonyl (C=O) groups is 2. The zero-order chi connectivity index (χ0) is 15.3. The highest BCUT2D eigenvalue weighted by Gasteiger charge is 2.39. The molecule has 21 heavy (non-hydrogen) atoms. The van der Waals surface area contributed by atoms with Crippen molar-refractivity contribution in [2.24, 2.45) is 0 Å². The summed E-state index contributed by atoms with van der Waals surface area (Å²) in [4.78, 5) is 25.8. The van der Waals surface area contributed by atoms with E-state index in [9.17, 15) is 9.59 Å². The normalized spacial score (nSPS) is 25.4. The molecule has 1 unspecified atom stereocenters. The lowest BCUT2D eigenvalue weighted by Gasteiger charge is -2.35. The summed E-state index contributed by atoms with van der Waals surface area (Å²) >= 11 is 0. The summed E-state index contributed by atoms with van der Waals surface area (Å²) in [6, 6.07) is 0.252. The molecule has 1 saturated heterocycles. The minimum Gasteiger partial charge on any atom is -0.481 e. The van der Waals surface area contributed by atoms with Gasteiger partial charge in [0.25, 0.3) is 0 Å². The van der Waals surface area contributed by atoms with Gasteiger partial charge in [0, 0.05) is 12.6 Å². The molecule has 5 nitrogen and oxygen atoms in total. The Kier molecular flexibility index (Phi) is 5.48. The maximum absolute atomic E-state index is 12.7. The van der Waals surface area contributed by atoms with Crippen molar-refractivity contribution in [3.8, 4) is 0 Å².